The van der Waals surface area contributed by atoms with E-state index < -0.39 is 5.97 Å². The van der Waals surface area contributed by atoms with Crippen molar-refractivity contribution in [3.63, 3.8) is 0 Å². The average molecular weight is 284 g/mol. The number of hydrogen-bond donors (Lipinski definition) is 1. The number of carbonyl (C=O) groups is 1. The summed E-state index contributed by atoms with van der Waals surface area (Å²) in [5.74, 6) is -0.445. The normalized spacial score (nSPS) is 11.2. The van der Waals surface area contributed by atoms with Crippen LogP contribution in [0.2, 0.25) is 0 Å². The molecule has 1 N–H and O–H groups in total. The third-order valence-corrected chi connectivity index (χ3v) is 3.09. The van der Waals surface area contributed by atoms with Crippen LogP contribution in [0.15, 0.2) is 53.8 Å². The Labute approximate surface area is 122 Å². The highest BCUT2D eigenvalue weighted by molar-refractivity contribution is 6.00. The summed E-state index contributed by atoms with van der Waals surface area (Å²) >= 11 is 0. The Morgan fingerprint density at radius 3 is 2.71 bits per heavy atom. The minimum absolute atomic E-state index is 0.378. The van der Waals surface area contributed by atoms with E-state index >= 15 is 0 Å². The van der Waals surface area contributed by atoms with Crippen molar-refractivity contribution in [2.24, 2.45) is 5.16 Å². The molecule has 0 aliphatic heterocycles. The summed E-state index contributed by atoms with van der Waals surface area (Å²) in [6, 6.07) is 13.0. The number of ether oxygens (including phenoxy) is 1. The van der Waals surface area contributed by atoms with Crippen molar-refractivity contribution in [3.8, 4) is 0 Å². The fourth-order valence-corrected chi connectivity index (χ4v) is 1.97. The molecule has 2 aromatic rings. The van der Waals surface area contributed by atoms with Gasteiger partial charge in [0, 0.05) is 6.20 Å². The Hall–Kier alpha value is -2.69. The molecule has 0 bridgehead atoms. The second-order valence-electron chi connectivity index (χ2n) is 4.45. The van der Waals surface area contributed by atoms with Crippen molar-refractivity contribution >= 4 is 11.7 Å². The molecule has 0 saturated carbocycles. The maximum absolute atomic E-state index is 11.5. The zero-order valence-electron chi connectivity index (χ0n) is 11.7. The van der Waals surface area contributed by atoms with Crippen LogP contribution < -0.4 is 0 Å². The third-order valence-electron chi connectivity index (χ3n) is 3.09. The zero-order valence-corrected chi connectivity index (χ0v) is 11.7. The molecule has 0 aliphatic carbocycles. The maximum Gasteiger partial charge on any atom is 0.337 e. The van der Waals surface area contributed by atoms with Crippen LogP contribution in [-0.4, -0.2) is 29.0 Å². The molecule has 0 fully saturated rings. The Kier molecular flexibility index (Phi) is 5.04. The lowest BCUT2D eigenvalue weighted by molar-refractivity contribution is 0.0600. The molecule has 108 valence electrons. The quantitative estimate of drug-likeness (QED) is 0.396. The van der Waals surface area contributed by atoms with Crippen molar-refractivity contribution in [2.45, 2.75) is 12.8 Å². The predicted molar refractivity (Wildman–Crippen MR) is 78.7 cm³/mol. The van der Waals surface area contributed by atoms with Crippen LogP contribution in [0.4, 0.5) is 0 Å². The number of aromatic nitrogens is 1. The molecule has 0 aliphatic rings. The molecule has 0 atom stereocenters. The summed E-state index contributed by atoms with van der Waals surface area (Å²) in [6.45, 7) is 0. The fraction of sp³-hybridized carbons (Fsp3) is 0.188. The number of methoxy groups -OCH3 is 1. The van der Waals surface area contributed by atoms with E-state index in [2.05, 4.69) is 14.9 Å². The SMILES string of the molecule is COC(=O)c1ccnc(/C(CCc2ccccc2)=N/O)c1. The van der Waals surface area contributed by atoms with Crippen LogP contribution in [0.1, 0.15) is 28.0 Å². The van der Waals surface area contributed by atoms with Gasteiger partial charge in [-0.1, -0.05) is 35.5 Å². The first-order valence-corrected chi connectivity index (χ1v) is 6.54. The zero-order chi connectivity index (χ0) is 15.1. The van der Waals surface area contributed by atoms with Gasteiger partial charge < -0.3 is 9.94 Å². The van der Waals surface area contributed by atoms with Gasteiger partial charge in [0.25, 0.3) is 0 Å². The highest BCUT2D eigenvalue weighted by atomic mass is 16.5. The molecule has 0 saturated heterocycles. The van der Waals surface area contributed by atoms with Gasteiger partial charge in [0.15, 0.2) is 0 Å². The van der Waals surface area contributed by atoms with Crippen LogP contribution in [0.25, 0.3) is 0 Å². The van der Waals surface area contributed by atoms with Crippen LogP contribution in [0.5, 0.6) is 0 Å². The van der Waals surface area contributed by atoms with Crippen LogP contribution in [0.3, 0.4) is 0 Å². The van der Waals surface area contributed by atoms with E-state index in [4.69, 9.17) is 0 Å². The molecule has 1 aromatic heterocycles. The van der Waals surface area contributed by atoms with Gasteiger partial charge in [0.05, 0.1) is 18.4 Å². The first-order chi connectivity index (χ1) is 10.2. The molecule has 0 radical (unpaired) electrons. The summed E-state index contributed by atoms with van der Waals surface area (Å²) in [4.78, 5) is 15.6. The Morgan fingerprint density at radius 2 is 2.05 bits per heavy atom. The number of carbonyl (C=O) groups excluding carboxylic acids is 1. The van der Waals surface area contributed by atoms with Crippen molar-refractivity contribution in [3.05, 3.63) is 65.5 Å². The molecule has 0 unspecified atom stereocenters. The van der Waals surface area contributed by atoms with Gasteiger partial charge in [-0.15, -0.1) is 0 Å². The summed E-state index contributed by atoms with van der Waals surface area (Å²) in [6.07, 6.45) is 2.75. The van der Waals surface area contributed by atoms with Crippen LogP contribution in [-0.2, 0) is 11.2 Å². The number of esters is 1. The lowest BCUT2D eigenvalue weighted by Crippen LogP contribution is -2.09. The molecule has 0 spiro atoms. The summed E-state index contributed by atoms with van der Waals surface area (Å²) in [5.41, 5.74) is 2.42. The Balaban J connectivity index is 2.13. The molecule has 2 rings (SSSR count). The number of rotatable bonds is 5. The highest BCUT2D eigenvalue weighted by Crippen LogP contribution is 2.10. The summed E-state index contributed by atoms with van der Waals surface area (Å²) in [5, 5.41) is 12.5. The van der Waals surface area contributed by atoms with Gasteiger partial charge in [-0.2, -0.15) is 0 Å². The van der Waals surface area contributed by atoms with Gasteiger partial charge in [-0.25, -0.2) is 4.79 Å². The van der Waals surface area contributed by atoms with E-state index in [0.717, 1.165) is 12.0 Å². The topological polar surface area (TPSA) is 71.8 Å². The number of oxime groups is 1. The van der Waals surface area contributed by atoms with Crippen molar-refractivity contribution in [2.75, 3.05) is 7.11 Å². The summed E-state index contributed by atoms with van der Waals surface area (Å²) < 4.78 is 4.66. The number of benzene rings is 1. The molecular weight excluding hydrogens is 268 g/mol. The van der Waals surface area contributed by atoms with Crippen molar-refractivity contribution < 1.29 is 14.7 Å². The van der Waals surface area contributed by atoms with Crippen LogP contribution >= 0.6 is 0 Å². The highest BCUT2D eigenvalue weighted by Gasteiger charge is 2.11. The van der Waals surface area contributed by atoms with E-state index in [1.54, 1.807) is 12.1 Å². The second-order valence-corrected chi connectivity index (χ2v) is 4.45. The predicted octanol–water partition coefficient (Wildman–Crippen LogP) is 2.68. The lowest BCUT2D eigenvalue weighted by Gasteiger charge is -2.06. The lowest BCUT2D eigenvalue weighted by atomic mass is 10.0. The van der Waals surface area contributed by atoms with Gasteiger partial charge in [0.2, 0.25) is 0 Å². The van der Waals surface area contributed by atoms with E-state index in [1.807, 2.05) is 30.3 Å². The van der Waals surface area contributed by atoms with Crippen LogP contribution in [0, 0.1) is 0 Å². The number of nitrogens with zero attached hydrogens (tertiary/aromatic N) is 2. The minimum Gasteiger partial charge on any atom is -0.465 e. The fourth-order valence-electron chi connectivity index (χ4n) is 1.97. The van der Waals surface area contributed by atoms with Gasteiger partial charge in [-0.3, -0.25) is 4.98 Å². The average Bonchev–Trinajstić information content (AvgIpc) is 2.56. The molecule has 5 nitrogen and oxygen atoms in total. The molecular formula is C16H16N2O3. The van der Waals surface area contributed by atoms with Crippen molar-refractivity contribution in [1.82, 2.24) is 4.98 Å². The maximum atomic E-state index is 11.5. The largest absolute Gasteiger partial charge is 0.465 e. The standard InChI is InChI=1S/C16H16N2O3/c1-21-16(19)13-9-10-17-15(11-13)14(18-20)8-7-12-5-3-2-4-6-12/h2-6,9-11,20H,7-8H2,1H3/b18-14+. The monoisotopic (exact) mass is 284 g/mol. The molecule has 21 heavy (non-hydrogen) atoms. The molecule has 0 amide bonds. The third kappa shape index (κ3) is 3.89. The first-order valence-electron chi connectivity index (χ1n) is 6.54. The molecule has 1 heterocycles. The van der Waals surface area contributed by atoms with E-state index in [9.17, 15) is 10.0 Å². The second kappa shape index (κ2) is 7.19. The molecule has 5 heteroatoms. The van der Waals surface area contributed by atoms with E-state index in [0.29, 0.717) is 23.4 Å². The smallest absolute Gasteiger partial charge is 0.337 e. The van der Waals surface area contributed by atoms with Crippen molar-refractivity contribution in [1.29, 1.82) is 0 Å². The first kappa shape index (κ1) is 14.7. The summed E-state index contributed by atoms with van der Waals surface area (Å²) in [7, 11) is 1.32. The molecule has 1 aromatic carbocycles. The number of pyridine rings is 1. The number of aryl methyl sites for hydroxylation is 1. The Bertz CT molecular complexity index is 639. The Morgan fingerprint density at radius 1 is 1.29 bits per heavy atom. The van der Waals surface area contributed by atoms with Gasteiger partial charge >= 0.3 is 5.97 Å². The minimum atomic E-state index is -0.445. The van der Waals surface area contributed by atoms with E-state index in [1.165, 1.54) is 13.3 Å². The van der Waals surface area contributed by atoms with Gasteiger partial charge in [-0.05, 0) is 30.5 Å². The number of hydrogen-bond acceptors (Lipinski definition) is 5. The van der Waals surface area contributed by atoms with E-state index in [-0.39, 0.29) is 0 Å². The van der Waals surface area contributed by atoms with Gasteiger partial charge in [0.1, 0.15) is 5.71 Å².